The van der Waals surface area contributed by atoms with Crippen LogP contribution in [0.5, 0.6) is 0 Å². The molecule has 1 amide bonds. The van der Waals surface area contributed by atoms with Crippen molar-refractivity contribution in [3.8, 4) is 0 Å². The van der Waals surface area contributed by atoms with Gasteiger partial charge in [-0.25, -0.2) is 10.2 Å². The van der Waals surface area contributed by atoms with E-state index >= 15 is 0 Å². The van der Waals surface area contributed by atoms with Gasteiger partial charge in [0.25, 0.3) is 0 Å². The van der Waals surface area contributed by atoms with Crippen molar-refractivity contribution < 1.29 is 18.8 Å². The molecule has 0 saturated heterocycles. The van der Waals surface area contributed by atoms with E-state index in [-0.39, 0.29) is 12.3 Å². The molecule has 0 aliphatic rings. The van der Waals surface area contributed by atoms with Crippen molar-refractivity contribution in [3.05, 3.63) is 30.0 Å². The monoisotopic (exact) mass is 297 g/mol. The summed E-state index contributed by atoms with van der Waals surface area (Å²) in [5, 5.41) is 12.8. The number of nitrogens with one attached hydrogen (secondary N) is 1. The lowest BCUT2D eigenvalue weighted by Gasteiger charge is -2.15. The van der Waals surface area contributed by atoms with E-state index in [0.29, 0.717) is 22.0 Å². The number of halogens is 2. The molecule has 2 rings (SSSR count). The Balaban J connectivity index is 2.26. The number of nitrogens with zero attached hydrogens (tertiary/aromatic N) is 2. The number of carbonyl (C=O) groups excluding carboxylic acids is 1. The molecule has 7 heteroatoms. The Hall–Kier alpha value is -2.02. The number of carbonyl (C=O) groups is 1. The average molecular weight is 297 g/mol. The predicted molar refractivity (Wildman–Crippen MR) is 73.2 cm³/mol. The quantitative estimate of drug-likeness (QED) is 0.635. The highest BCUT2D eigenvalue weighted by atomic mass is 19.3. The van der Waals surface area contributed by atoms with Gasteiger partial charge < -0.3 is 0 Å². The van der Waals surface area contributed by atoms with Crippen LogP contribution in [0.15, 0.2) is 24.4 Å². The summed E-state index contributed by atoms with van der Waals surface area (Å²) in [5.41, 5.74) is 2.86. The van der Waals surface area contributed by atoms with Crippen molar-refractivity contribution in [2.75, 3.05) is 0 Å². The Morgan fingerprint density at radius 1 is 1.48 bits per heavy atom. The van der Waals surface area contributed by atoms with Crippen LogP contribution in [0.4, 0.5) is 8.78 Å². The molecular formula is C14H17F2N3O2. The lowest BCUT2D eigenvalue weighted by molar-refractivity contribution is -0.129. The van der Waals surface area contributed by atoms with Crippen molar-refractivity contribution in [1.29, 1.82) is 0 Å². The van der Waals surface area contributed by atoms with Crippen molar-refractivity contribution in [2.45, 2.75) is 38.7 Å². The van der Waals surface area contributed by atoms with Gasteiger partial charge in [0.1, 0.15) is 0 Å². The van der Waals surface area contributed by atoms with Crippen LogP contribution in [0.2, 0.25) is 0 Å². The van der Waals surface area contributed by atoms with Crippen LogP contribution in [0.25, 0.3) is 10.9 Å². The lowest BCUT2D eigenvalue weighted by atomic mass is 9.91. The van der Waals surface area contributed by atoms with E-state index in [2.05, 4.69) is 5.10 Å². The molecule has 2 aromatic rings. The molecule has 114 valence electrons. The predicted octanol–water partition coefficient (Wildman–Crippen LogP) is 3.21. The molecule has 1 aromatic heterocycles. The minimum atomic E-state index is -2.68. The van der Waals surface area contributed by atoms with Gasteiger partial charge in [0.05, 0.1) is 11.7 Å². The van der Waals surface area contributed by atoms with Gasteiger partial charge >= 0.3 is 6.55 Å². The largest absolute Gasteiger partial charge is 0.333 e. The van der Waals surface area contributed by atoms with Gasteiger partial charge in [0.2, 0.25) is 5.91 Å². The summed E-state index contributed by atoms with van der Waals surface area (Å²) in [6.45, 7) is -0.714. The highest BCUT2D eigenvalue weighted by molar-refractivity contribution is 5.79. The summed E-state index contributed by atoms with van der Waals surface area (Å²) in [5.74, 6) is -0.389. The van der Waals surface area contributed by atoms with Crippen molar-refractivity contribution >= 4 is 16.8 Å². The van der Waals surface area contributed by atoms with E-state index in [9.17, 15) is 13.6 Å². The third kappa shape index (κ3) is 3.36. The Morgan fingerprint density at radius 2 is 2.24 bits per heavy atom. The summed E-state index contributed by atoms with van der Waals surface area (Å²) >= 11 is 0. The number of rotatable bonds is 6. The second kappa shape index (κ2) is 6.62. The van der Waals surface area contributed by atoms with Gasteiger partial charge in [-0.3, -0.25) is 10.0 Å². The van der Waals surface area contributed by atoms with Crippen LogP contribution in [-0.4, -0.2) is 20.9 Å². The molecule has 5 nitrogen and oxygen atoms in total. The van der Waals surface area contributed by atoms with E-state index in [4.69, 9.17) is 5.21 Å². The highest BCUT2D eigenvalue weighted by Gasteiger charge is 2.16. The van der Waals surface area contributed by atoms with Crippen LogP contribution in [0.1, 0.15) is 44.2 Å². The first-order chi connectivity index (χ1) is 10.1. The number of amides is 1. The maximum atomic E-state index is 12.9. The SMILES string of the molecule is CC[C@H](CCC(=O)NO)c1ccc2cnn(C(F)F)c2c1. The van der Waals surface area contributed by atoms with Crippen molar-refractivity contribution in [2.24, 2.45) is 0 Å². The third-order valence-corrected chi connectivity index (χ3v) is 3.62. The molecule has 1 atom stereocenters. The molecule has 1 heterocycles. The molecule has 0 bridgehead atoms. The Bertz CT molecular complexity index is 628. The van der Waals surface area contributed by atoms with Gasteiger partial charge in [-0.1, -0.05) is 19.1 Å². The second-order valence-electron chi connectivity index (χ2n) is 4.86. The minimum absolute atomic E-state index is 0.0627. The number of aromatic nitrogens is 2. The maximum Gasteiger partial charge on any atom is 0.333 e. The smallest absolute Gasteiger partial charge is 0.289 e. The van der Waals surface area contributed by atoms with Crippen LogP contribution in [0, 0.1) is 0 Å². The number of hydroxylamine groups is 1. The van der Waals surface area contributed by atoms with E-state index in [0.717, 1.165) is 12.0 Å². The Morgan fingerprint density at radius 3 is 2.86 bits per heavy atom. The van der Waals surface area contributed by atoms with Gasteiger partial charge in [-0.2, -0.15) is 13.9 Å². The molecule has 0 unspecified atom stereocenters. The fourth-order valence-corrected chi connectivity index (χ4v) is 2.43. The molecule has 0 fully saturated rings. The summed E-state index contributed by atoms with van der Waals surface area (Å²) in [4.78, 5) is 11.1. The van der Waals surface area contributed by atoms with E-state index in [1.165, 1.54) is 6.20 Å². The Kier molecular flexibility index (Phi) is 4.85. The van der Waals surface area contributed by atoms with Crippen LogP contribution >= 0.6 is 0 Å². The number of hydrogen-bond acceptors (Lipinski definition) is 3. The van der Waals surface area contributed by atoms with Crippen molar-refractivity contribution in [3.63, 3.8) is 0 Å². The first kappa shape index (κ1) is 15.4. The average Bonchev–Trinajstić information content (AvgIpc) is 2.90. The van der Waals surface area contributed by atoms with Crippen LogP contribution in [0.3, 0.4) is 0 Å². The Labute approximate surface area is 120 Å². The molecule has 2 N–H and O–H groups in total. The molecule has 1 aromatic carbocycles. The summed E-state index contributed by atoms with van der Waals surface area (Å²) in [7, 11) is 0. The minimum Gasteiger partial charge on any atom is -0.289 e. The number of hydrogen-bond donors (Lipinski definition) is 2. The number of alkyl halides is 2. The van der Waals surface area contributed by atoms with Gasteiger partial charge in [0.15, 0.2) is 0 Å². The zero-order chi connectivity index (χ0) is 15.4. The third-order valence-electron chi connectivity index (χ3n) is 3.62. The van der Waals surface area contributed by atoms with E-state index in [1.54, 1.807) is 17.6 Å². The van der Waals surface area contributed by atoms with E-state index in [1.807, 2.05) is 13.0 Å². The fraction of sp³-hybridized carbons (Fsp3) is 0.429. The fourth-order valence-electron chi connectivity index (χ4n) is 2.43. The molecule has 0 spiro atoms. The van der Waals surface area contributed by atoms with Gasteiger partial charge in [0, 0.05) is 11.8 Å². The maximum absolute atomic E-state index is 12.9. The van der Waals surface area contributed by atoms with Crippen LogP contribution < -0.4 is 5.48 Å². The molecular weight excluding hydrogens is 280 g/mol. The van der Waals surface area contributed by atoms with Gasteiger partial charge in [-0.05, 0) is 30.4 Å². The standard InChI is InChI=1S/C14H17F2N3O2/c1-2-9(5-6-13(20)18-21)10-3-4-11-8-17-19(14(15)16)12(11)7-10/h3-4,7-9,14,21H,2,5-6H2,1H3,(H,18,20)/t9-/m1/s1. The first-order valence-corrected chi connectivity index (χ1v) is 6.75. The zero-order valence-electron chi connectivity index (χ0n) is 11.6. The molecule has 0 radical (unpaired) electrons. The van der Waals surface area contributed by atoms with Crippen LogP contribution in [-0.2, 0) is 4.79 Å². The molecule has 0 aliphatic heterocycles. The number of fused-ring (bicyclic) bond motifs is 1. The molecule has 0 saturated carbocycles. The van der Waals surface area contributed by atoms with E-state index < -0.39 is 12.5 Å². The molecule has 0 aliphatic carbocycles. The summed E-state index contributed by atoms with van der Waals surface area (Å²) in [6.07, 6.45) is 2.90. The summed E-state index contributed by atoms with van der Waals surface area (Å²) in [6, 6.07) is 5.32. The summed E-state index contributed by atoms with van der Waals surface area (Å²) < 4.78 is 26.4. The topological polar surface area (TPSA) is 67.2 Å². The zero-order valence-corrected chi connectivity index (χ0v) is 11.6. The normalized spacial score (nSPS) is 12.8. The lowest BCUT2D eigenvalue weighted by Crippen LogP contribution is -2.18. The second-order valence-corrected chi connectivity index (χ2v) is 4.86. The molecule has 21 heavy (non-hydrogen) atoms. The number of benzene rings is 1. The van der Waals surface area contributed by atoms with Gasteiger partial charge in [-0.15, -0.1) is 0 Å². The van der Waals surface area contributed by atoms with Crippen molar-refractivity contribution in [1.82, 2.24) is 15.3 Å². The highest BCUT2D eigenvalue weighted by Crippen LogP contribution is 2.29. The first-order valence-electron chi connectivity index (χ1n) is 6.75.